The van der Waals surface area contributed by atoms with Crippen LogP contribution in [0, 0.1) is 0 Å². The van der Waals surface area contributed by atoms with E-state index in [1.165, 1.54) is 6.20 Å². The van der Waals surface area contributed by atoms with Crippen LogP contribution in [0.5, 0.6) is 0 Å². The molecule has 4 N–H and O–H groups in total. The summed E-state index contributed by atoms with van der Waals surface area (Å²) in [4.78, 5) is 38.9. The third kappa shape index (κ3) is 1.64. The molecule has 2 aromatic heterocycles. The molecule has 0 saturated carbocycles. The number of rotatable bonds is 3. The van der Waals surface area contributed by atoms with Crippen molar-refractivity contribution in [3.63, 3.8) is 0 Å². The first-order valence-electron chi connectivity index (χ1n) is 5.72. The van der Waals surface area contributed by atoms with Crippen LogP contribution in [0.3, 0.4) is 0 Å². The van der Waals surface area contributed by atoms with Gasteiger partial charge in [0.05, 0.1) is 5.56 Å². The number of hydrogen-bond acceptors (Lipinski definition) is 3. The summed E-state index contributed by atoms with van der Waals surface area (Å²) in [6.45, 7) is 0. The summed E-state index contributed by atoms with van der Waals surface area (Å²) in [6, 6.07) is 4.84. The van der Waals surface area contributed by atoms with Gasteiger partial charge in [-0.3, -0.25) is 9.59 Å². The van der Waals surface area contributed by atoms with Crippen LogP contribution in [-0.2, 0) is 4.79 Å². The zero-order valence-electron chi connectivity index (χ0n) is 10.1. The average Bonchev–Trinajstić information content (AvgIpc) is 2.86. The second-order valence-electron chi connectivity index (χ2n) is 4.23. The normalized spacial score (nSPS) is 10.8. The molecular weight excluding hydrogens is 262 g/mol. The number of carbonyl (C=O) groups excluding carboxylic acids is 1. The number of H-pyrrole nitrogens is 2. The molecular formula is C13H9N3O4. The number of carbonyl (C=O) groups is 2. The fourth-order valence-electron chi connectivity index (χ4n) is 2.25. The number of benzene rings is 1. The van der Waals surface area contributed by atoms with Gasteiger partial charge in [0.1, 0.15) is 5.52 Å². The number of carboxylic acids is 1. The van der Waals surface area contributed by atoms with Crippen LogP contribution in [0.4, 0.5) is 5.69 Å². The summed E-state index contributed by atoms with van der Waals surface area (Å²) in [6.07, 6.45) is 1.81. The zero-order chi connectivity index (χ0) is 14.3. The standard InChI is InChI=1S/C13H9N3O4/c17-5-15-6-1-2-9-7(3-6)10-8(13(19)20)4-14-11(10)12(18)16-9/h1-5,14H,(H,15,17)(H,16,18)(H,19,20). The van der Waals surface area contributed by atoms with Crippen molar-refractivity contribution in [1.29, 1.82) is 0 Å². The van der Waals surface area contributed by atoms with Gasteiger partial charge in [0.15, 0.2) is 0 Å². The zero-order valence-corrected chi connectivity index (χ0v) is 10.1. The van der Waals surface area contributed by atoms with Crippen LogP contribution in [-0.4, -0.2) is 27.5 Å². The average molecular weight is 271 g/mol. The Bertz CT molecular complexity index is 907. The Morgan fingerprint density at radius 2 is 2.15 bits per heavy atom. The van der Waals surface area contributed by atoms with E-state index in [9.17, 15) is 19.5 Å². The van der Waals surface area contributed by atoms with Gasteiger partial charge in [0, 0.05) is 28.2 Å². The Balaban J connectivity index is 2.49. The summed E-state index contributed by atoms with van der Waals surface area (Å²) >= 11 is 0. The maximum atomic E-state index is 11.9. The lowest BCUT2D eigenvalue weighted by Crippen LogP contribution is -2.07. The lowest BCUT2D eigenvalue weighted by Gasteiger charge is -2.04. The van der Waals surface area contributed by atoms with Crippen molar-refractivity contribution in [2.45, 2.75) is 0 Å². The van der Waals surface area contributed by atoms with Crippen molar-refractivity contribution < 1.29 is 14.7 Å². The molecule has 0 aliphatic rings. The van der Waals surface area contributed by atoms with E-state index < -0.39 is 11.5 Å². The summed E-state index contributed by atoms with van der Waals surface area (Å²) < 4.78 is 0. The topological polar surface area (TPSA) is 115 Å². The number of anilines is 1. The van der Waals surface area contributed by atoms with E-state index in [1.54, 1.807) is 18.2 Å². The van der Waals surface area contributed by atoms with Gasteiger partial charge in [-0.1, -0.05) is 0 Å². The molecule has 0 atom stereocenters. The molecule has 0 bridgehead atoms. The van der Waals surface area contributed by atoms with E-state index in [1.807, 2.05) is 0 Å². The van der Waals surface area contributed by atoms with E-state index >= 15 is 0 Å². The Morgan fingerprint density at radius 1 is 1.35 bits per heavy atom. The van der Waals surface area contributed by atoms with E-state index in [0.29, 0.717) is 28.4 Å². The van der Waals surface area contributed by atoms with Crippen LogP contribution in [0.25, 0.3) is 21.8 Å². The molecule has 0 fully saturated rings. The van der Waals surface area contributed by atoms with Crippen LogP contribution < -0.4 is 10.9 Å². The Kier molecular flexibility index (Phi) is 2.53. The molecule has 100 valence electrons. The smallest absolute Gasteiger partial charge is 0.337 e. The Morgan fingerprint density at radius 3 is 2.85 bits per heavy atom. The maximum absolute atomic E-state index is 11.9. The van der Waals surface area contributed by atoms with E-state index in [-0.39, 0.29) is 11.1 Å². The van der Waals surface area contributed by atoms with Crippen molar-refractivity contribution in [3.05, 3.63) is 40.3 Å². The fourth-order valence-corrected chi connectivity index (χ4v) is 2.25. The Labute approximate surface area is 111 Å². The predicted octanol–water partition coefficient (Wildman–Crippen LogP) is 1.28. The lowest BCUT2D eigenvalue weighted by molar-refractivity contribution is -0.105. The van der Waals surface area contributed by atoms with Gasteiger partial charge in [-0.2, -0.15) is 0 Å². The van der Waals surface area contributed by atoms with Gasteiger partial charge in [-0.05, 0) is 18.2 Å². The fraction of sp³-hybridized carbons (Fsp3) is 0. The van der Waals surface area contributed by atoms with Crippen molar-refractivity contribution in [1.82, 2.24) is 9.97 Å². The minimum Gasteiger partial charge on any atom is -0.478 e. The maximum Gasteiger partial charge on any atom is 0.337 e. The van der Waals surface area contributed by atoms with Crippen molar-refractivity contribution in [2.24, 2.45) is 0 Å². The van der Waals surface area contributed by atoms with Gasteiger partial charge in [-0.25, -0.2) is 4.79 Å². The van der Waals surface area contributed by atoms with Gasteiger partial charge in [-0.15, -0.1) is 0 Å². The predicted molar refractivity (Wildman–Crippen MR) is 73.1 cm³/mol. The number of aromatic nitrogens is 2. The monoisotopic (exact) mass is 271 g/mol. The summed E-state index contributed by atoms with van der Waals surface area (Å²) in [5.41, 5.74) is 0.827. The van der Waals surface area contributed by atoms with Crippen molar-refractivity contribution in [3.8, 4) is 0 Å². The first kappa shape index (κ1) is 12.0. The largest absolute Gasteiger partial charge is 0.478 e. The first-order valence-corrected chi connectivity index (χ1v) is 5.72. The molecule has 0 radical (unpaired) electrons. The number of hydrogen-bond donors (Lipinski definition) is 4. The number of nitrogens with one attached hydrogen (secondary N) is 3. The number of amides is 1. The number of aromatic carboxylic acids is 1. The molecule has 0 aliphatic carbocycles. The molecule has 0 aliphatic heterocycles. The van der Waals surface area contributed by atoms with Crippen molar-refractivity contribution >= 4 is 39.9 Å². The molecule has 7 nitrogen and oxygen atoms in total. The van der Waals surface area contributed by atoms with E-state index in [0.717, 1.165) is 0 Å². The third-order valence-electron chi connectivity index (χ3n) is 3.10. The second kappa shape index (κ2) is 4.23. The van der Waals surface area contributed by atoms with E-state index in [4.69, 9.17) is 0 Å². The second-order valence-corrected chi connectivity index (χ2v) is 4.23. The van der Waals surface area contributed by atoms with Gasteiger partial charge < -0.3 is 20.4 Å². The van der Waals surface area contributed by atoms with Gasteiger partial charge >= 0.3 is 5.97 Å². The molecule has 2 heterocycles. The van der Waals surface area contributed by atoms with Crippen LogP contribution in [0.2, 0.25) is 0 Å². The molecule has 7 heteroatoms. The minimum absolute atomic E-state index is 0.0133. The highest BCUT2D eigenvalue weighted by Crippen LogP contribution is 2.26. The van der Waals surface area contributed by atoms with Gasteiger partial charge in [0.25, 0.3) is 5.56 Å². The number of pyridine rings is 1. The summed E-state index contributed by atoms with van der Waals surface area (Å²) in [7, 11) is 0. The summed E-state index contributed by atoms with van der Waals surface area (Å²) in [5, 5.41) is 12.6. The number of carboxylic acid groups (broad SMARTS) is 1. The lowest BCUT2D eigenvalue weighted by atomic mass is 10.1. The quantitative estimate of drug-likeness (QED) is 0.537. The molecule has 0 spiro atoms. The van der Waals surface area contributed by atoms with Crippen LogP contribution in [0.15, 0.2) is 29.2 Å². The highest BCUT2D eigenvalue weighted by molar-refractivity contribution is 6.15. The molecule has 20 heavy (non-hydrogen) atoms. The minimum atomic E-state index is -1.13. The SMILES string of the molecule is O=CNc1ccc2[nH]c(=O)c3[nH]cc(C(=O)O)c3c2c1. The highest BCUT2D eigenvalue weighted by atomic mass is 16.4. The molecule has 1 aromatic carbocycles. The first-order chi connectivity index (χ1) is 9.61. The van der Waals surface area contributed by atoms with Crippen LogP contribution >= 0.6 is 0 Å². The Hall–Kier alpha value is -3.09. The van der Waals surface area contributed by atoms with Gasteiger partial charge in [0.2, 0.25) is 6.41 Å². The molecule has 0 saturated heterocycles. The molecule has 3 rings (SSSR count). The van der Waals surface area contributed by atoms with Crippen LogP contribution in [0.1, 0.15) is 10.4 Å². The summed E-state index contributed by atoms with van der Waals surface area (Å²) in [5.74, 6) is -1.13. The molecule has 0 unspecified atom stereocenters. The third-order valence-corrected chi connectivity index (χ3v) is 3.10. The molecule has 3 aromatic rings. The number of aromatic amines is 2. The molecule has 1 amide bonds. The van der Waals surface area contributed by atoms with Crippen molar-refractivity contribution in [2.75, 3.05) is 5.32 Å². The highest BCUT2D eigenvalue weighted by Gasteiger charge is 2.16. The number of fused-ring (bicyclic) bond motifs is 3. The van der Waals surface area contributed by atoms with E-state index in [2.05, 4.69) is 15.3 Å².